The predicted molar refractivity (Wildman–Crippen MR) is 148 cm³/mol. The molecule has 0 fully saturated rings. The first-order valence-electron chi connectivity index (χ1n) is 12.8. The van der Waals surface area contributed by atoms with E-state index < -0.39 is 40.2 Å². The van der Waals surface area contributed by atoms with E-state index >= 15 is 0 Å². The predicted octanol–water partition coefficient (Wildman–Crippen LogP) is 4.50. The van der Waals surface area contributed by atoms with Crippen LogP contribution in [0, 0.1) is 11.6 Å². The molecule has 0 bridgehead atoms. The first-order chi connectivity index (χ1) is 19.1. The summed E-state index contributed by atoms with van der Waals surface area (Å²) in [6.07, 6.45) is 0.941. The van der Waals surface area contributed by atoms with Gasteiger partial charge >= 0.3 is 0 Å². The molecule has 0 aromatic heterocycles. The summed E-state index contributed by atoms with van der Waals surface area (Å²) >= 11 is 0. The van der Waals surface area contributed by atoms with Crippen molar-refractivity contribution in [2.45, 2.75) is 44.2 Å². The number of methoxy groups -OCH3 is 1. The summed E-state index contributed by atoms with van der Waals surface area (Å²) < 4.78 is 60.8. The normalized spacial score (nSPS) is 11.9. The van der Waals surface area contributed by atoms with Crippen molar-refractivity contribution in [3.8, 4) is 5.75 Å². The second-order valence-corrected chi connectivity index (χ2v) is 10.9. The molecule has 0 saturated heterocycles. The Hall–Kier alpha value is -3.99. The summed E-state index contributed by atoms with van der Waals surface area (Å²) in [5.74, 6) is -1.64. The quantitative estimate of drug-likeness (QED) is 0.325. The average Bonchev–Trinajstić information content (AvgIpc) is 2.96. The summed E-state index contributed by atoms with van der Waals surface area (Å²) in [7, 11) is -2.86. The van der Waals surface area contributed by atoms with Crippen LogP contribution in [0.3, 0.4) is 0 Å². The highest BCUT2D eigenvalue weighted by atomic mass is 32.2. The van der Waals surface area contributed by atoms with E-state index in [1.165, 1.54) is 72.7 Å². The number of rotatable bonds is 13. The summed E-state index contributed by atoms with van der Waals surface area (Å²) in [5.41, 5.74) is 0.624. The van der Waals surface area contributed by atoms with Crippen LogP contribution in [0.5, 0.6) is 5.75 Å². The number of hydrogen-bond acceptors (Lipinski definition) is 5. The topological polar surface area (TPSA) is 96.0 Å². The summed E-state index contributed by atoms with van der Waals surface area (Å²) in [6.45, 7) is 3.32. The zero-order chi connectivity index (χ0) is 29.3. The van der Waals surface area contributed by atoms with Crippen LogP contribution in [0.4, 0.5) is 14.5 Å². The Morgan fingerprint density at radius 2 is 1.48 bits per heavy atom. The molecule has 0 spiro atoms. The number of sulfonamides is 1. The minimum atomic E-state index is -4.31. The standard InChI is InChI=1S/C29H33F2N3O5S/c1-4-18-32-29(36)27(5-2)33(19-21-6-8-22(30)9-7-21)28(35)20-34(24-12-10-23(31)11-13-24)40(37,38)26-16-14-25(39-3)15-17-26/h6-17,27H,4-5,18-20H2,1-3H3,(H,32,36)/t27-/m0/s1. The summed E-state index contributed by atoms with van der Waals surface area (Å²) in [4.78, 5) is 28.1. The lowest BCUT2D eigenvalue weighted by Gasteiger charge is -2.33. The molecule has 0 unspecified atom stereocenters. The second-order valence-electron chi connectivity index (χ2n) is 9.03. The third-order valence-corrected chi connectivity index (χ3v) is 8.03. The summed E-state index contributed by atoms with van der Waals surface area (Å²) in [6, 6.07) is 14.9. The SMILES string of the molecule is CCCNC(=O)[C@H](CC)N(Cc1ccc(F)cc1)C(=O)CN(c1ccc(F)cc1)S(=O)(=O)c1ccc(OC)cc1. The number of carbonyl (C=O) groups is 2. The van der Waals surface area contributed by atoms with E-state index in [2.05, 4.69) is 5.32 Å². The van der Waals surface area contributed by atoms with Crippen molar-refractivity contribution in [3.63, 3.8) is 0 Å². The van der Waals surface area contributed by atoms with Crippen LogP contribution in [0.15, 0.2) is 77.7 Å². The van der Waals surface area contributed by atoms with E-state index in [9.17, 15) is 26.8 Å². The smallest absolute Gasteiger partial charge is 0.264 e. The molecule has 11 heteroatoms. The molecule has 2 amide bonds. The van der Waals surface area contributed by atoms with Crippen molar-refractivity contribution in [1.29, 1.82) is 0 Å². The van der Waals surface area contributed by atoms with E-state index in [4.69, 9.17) is 4.74 Å². The van der Waals surface area contributed by atoms with Crippen molar-refractivity contribution in [2.75, 3.05) is 24.5 Å². The van der Waals surface area contributed by atoms with Crippen LogP contribution in [0.2, 0.25) is 0 Å². The van der Waals surface area contributed by atoms with Crippen molar-refractivity contribution < 1.29 is 31.5 Å². The van der Waals surface area contributed by atoms with E-state index in [1.807, 2.05) is 6.92 Å². The van der Waals surface area contributed by atoms with E-state index in [1.54, 1.807) is 6.92 Å². The Bertz CT molecular complexity index is 1380. The number of ether oxygens (including phenoxy) is 1. The number of benzene rings is 3. The fourth-order valence-electron chi connectivity index (χ4n) is 4.08. The molecular formula is C29H33F2N3O5S. The van der Waals surface area contributed by atoms with Crippen LogP contribution in [0.25, 0.3) is 0 Å². The van der Waals surface area contributed by atoms with Gasteiger partial charge in [0.15, 0.2) is 0 Å². The van der Waals surface area contributed by atoms with Crippen molar-refractivity contribution in [2.24, 2.45) is 0 Å². The Morgan fingerprint density at radius 1 is 0.900 bits per heavy atom. The second kappa shape index (κ2) is 13.9. The third-order valence-electron chi connectivity index (χ3n) is 6.24. The van der Waals surface area contributed by atoms with Gasteiger partial charge in [-0.25, -0.2) is 17.2 Å². The minimum Gasteiger partial charge on any atom is -0.497 e. The van der Waals surface area contributed by atoms with Crippen LogP contribution in [0.1, 0.15) is 32.3 Å². The van der Waals surface area contributed by atoms with Gasteiger partial charge in [-0.1, -0.05) is 26.0 Å². The molecule has 0 aliphatic heterocycles. The largest absolute Gasteiger partial charge is 0.497 e. The lowest BCUT2D eigenvalue weighted by molar-refractivity contribution is -0.140. The van der Waals surface area contributed by atoms with E-state index in [-0.39, 0.29) is 29.5 Å². The molecule has 0 aliphatic rings. The molecule has 0 saturated carbocycles. The average molecular weight is 574 g/mol. The maximum atomic E-state index is 13.9. The van der Waals surface area contributed by atoms with Gasteiger partial charge in [-0.05, 0) is 79.1 Å². The van der Waals surface area contributed by atoms with Crippen molar-refractivity contribution >= 4 is 27.5 Å². The molecule has 214 valence electrons. The third kappa shape index (κ3) is 7.56. The molecule has 3 aromatic rings. The molecule has 8 nitrogen and oxygen atoms in total. The number of nitrogens with zero attached hydrogens (tertiary/aromatic N) is 2. The Kier molecular flexibility index (Phi) is 10.6. The van der Waals surface area contributed by atoms with Gasteiger partial charge in [0.25, 0.3) is 10.0 Å². The fraction of sp³-hybridized carbons (Fsp3) is 0.310. The zero-order valence-corrected chi connectivity index (χ0v) is 23.5. The molecule has 40 heavy (non-hydrogen) atoms. The minimum absolute atomic E-state index is 0.0585. The number of anilines is 1. The van der Waals surface area contributed by atoms with E-state index in [0.717, 1.165) is 16.4 Å². The van der Waals surface area contributed by atoms with Crippen LogP contribution >= 0.6 is 0 Å². The molecule has 1 atom stereocenters. The number of amides is 2. The summed E-state index contributed by atoms with van der Waals surface area (Å²) in [5, 5.41) is 2.79. The lowest BCUT2D eigenvalue weighted by Crippen LogP contribution is -2.52. The van der Waals surface area contributed by atoms with Crippen molar-refractivity contribution in [3.05, 3.63) is 90.0 Å². The molecule has 3 aromatic carbocycles. The van der Waals surface area contributed by atoms with Gasteiger partial charge in [-0.2, -0.15) is 0 Å². The highest BCUT2D eigenvalue weighted by Gasteiger charge is 2.33. The first kappa shape index (κ1) is 30.6. The maximum absolute atomic E-state index is 13.9. The monoisotopic (exact) mass is 573 g/mol. The molecule has 0 radical (unpaired) electrons. The maximum Gasteiger partial charge on any atom is 0.264 e. The molecule has 0 heterocycles. The van der Waals surface area contributed by atoms with Gasteiger partial charge in [0.1, 0.15) is 30.0 Å². The van der Waals surface area contributed by atoms with Gasteiger partial charge in [0.2, 0.25) is 11.8 Å². The number of halogens is 2. The van der Waals surface area contributed by atoms with Crippen molar-refractivity contribution in [1.82, 2.24) is 10.2 Å². The number of nitrogens with one attached hydrogen (secondary N) is 1. The lowest BCUT2D eigenvalue weighted by atomic mass is 10.1. The van der Waals surface area contributed by atoms with Crippen LogP contribution < -0.4 is 14.4 Å². The Labute approximate surface area is 233 Å². The van der Waals surface area contributed by atoms with Gasteiger partial charge in [0.05, 0.1) is 17.7 Å². The number of hydrogen-bond donors (Lipinski definition) is 1. The van der Waals surface area contributed by atoms with Gasteiger partial charge in [-0.3, -0.25) is 13.9 Å². The molecule has 1 N–H and O–H groups in total. The van der Waals surface area contributed by atoms with Crippen LogP contribution in [-0.4, -0.2) is 51.4 Å². The number of carbonyl (C=O) groups excluding carboxylic acids is 2. The van der Waals surface area contributed by atoms with Crippen LogP contribution in [-0.2, 0) is 26.2 Å². The van der Waals surface area contributed by atoms with Gasteiger partial charge in [-0.15, -0.1) is 0 Å². The van der Waals surface area contributed by atoms with Gasteiger partial charge in [0, 0.05) is 13.1 Å². The Morgan fingerprint density at radius 3 is 2.00 bits per heavy atom. The zero-order valence-electron chi connectivity index (χ0n) is 22.6. The molecule has 0 aliphatic carbocycles. The Balaban J connectivity index is 2.04. The van der Waals surface area contributed by atoms with E-state index in [0.29, 0.717) is 24.3 Å². The first-order valence-corrected chi connectivity index (χ1v) is 14.3. The van der Waals surface area contributed by atoms with Gasteiger partial charge < -0.3 is 15.0 Å². The molecular weight excluding hydrogens is 540 g/mol. The highest BCUT2D eigenvalue weighted by molar-refractivity contribution is 7.92. The highest BCUT2D eigenvalue weighted by Crippen LogP contribution is 2.26. The fourth-order valence-corrected chi connectivity index (χ4v) is 5.50. The molecule has 3 rings (SSSR count).